The van der Waals surface area contributed by atoms with E-state index in [1.165, 1.54) is 17.3 Å². The summed E-state index contributed by atoms with van der Waals surface area (Å²) in [6.45, 7) is 8.16. The van der Waals surface area contributed by atoms with Gasteiger partial charge in [0.1, 0.15) is 5.75 Å². The predicted octanol–water partition coefficient (Wildman–Crippen LogP) is 4.96. The van der Waals surface area contributed by atoms with Crippen LogP contribution in [-0.4, -0.2) is 24.1 Å². The lowest BCUT2D eigenvalue weighted by atomic mass is 10.1. The van der Waals surface area contributed by atoms with Gasteiger partial charge in [0.25, 0.3) is 0 Å². The van der Waals surface area contributed by atoms with Crippen LogP contribution in [0.4, 0.5) is 0 Å². The highest BCUT2D eigenvalue weighted by Crippen LogP contribution is 2.25. The Balaban J connectivity index is 1.90. The standard InChI is InChI=1S/C23H29NO3S/c1-5-18-7-9-19(10-8-18)16(3)24-23(26)15-28-14-21-13-20(17(4)25)11-12-22(21)27-6-2/h7-13,16H,5-6,14-15H2,1-4H3,(H,24,26)/t16-/m0/s1. The van der Waals surface area contributed by atoms with Crippen molar-refractivity contribution in [2.45, 2.75) is 45.9 Å². The van der Waals surface area contributed by atoms with Gasteiger partial charge in [-0.2, -0.15) is 0 Å². The van der Waals surface area contributed by atoms with Gasteiger partial charge >= 0.3 is 0 Å². The van der Waals surface area contributed by atoms with Crippen molar-refractivity contribution in [3.8, 4) is 5.75 Å². The minimum absolute atomic E-state index is 0.00208. The second-order valence-corrected chi connectivity index (χ2v) is 7.67. The Labute approximate surface area is 172 Å². The molecule has 150 valence electrons. The van der Waals surface area contributed by atoms with Crippen LogP contribution in [0.3, 0.4) is 0 Å². The van der Waals surface area contributed by atoms with Crippen LogP contribution >= 0.6 is 11.8 Å². The van der Waals surface area contributed by atoms with E-state index in [4.69, 9.17) is 4.74 Å². The highest BCUT2D eigenvalue weighted by atomic mass is 32.2. The summed E-state index contributed by atoms with van der Waals surface area (Å²) in [6, 6.07) is 13.8. The molecule has 5 heteroatoms. The van der Waals surface area contributed by atoms with Gasteiger partial charge in [0.15, 0.2) is 5.78 Å². The molecular weight excluding hydrogens is 370 g/mol. The van der Waals surface area contributed by atoms with Crippen LogP contribution < -0.4 is 10.1 Å². The molecule has 4 nitrogen and oxygen atoms in total. The number of carbonyl (C=O) groups excluding carboxylic acids is 2. The monoisotopic (exact) mass is 399 g/mol. The maximum atomic E-state index is 12.3. The SMILES string of the molecule is CCOc1ccc(C(C)=O)cc1CSCC(=O)N[C@@H](C)c1ccc(CC)cc1. The molecule has 0 radical (unpaired) electrons. The van der Waals surface area contributed by atoms with Gasteiger partial charge in [-0.25, -0.2) is 0 Å². The molecule has 0 fully saturated rings. The molecule has 0 aromatic heterocycles. The highest BCUT2D eigenvalue weighted by molar-refractivity contribution is 7.99. The van der Waals surface area contributed by atoms with Gasteiger partial charge in [0, 0.05) is 16.9 Å². The lowest BCUT2D eigenvalue weighted by molar-refractivity contribution is -0.119. The summed E-state index contributed by atoms with van der Waals surface area (Å²) >= 11 is 1.51. The number of carbonyl (C=O) groups is 2. The smallest absolute Gasteiger partial charge is 0.230 e. The fourth-order valence-electron chi connectivity index (χ4n) is 2.87. The van der Waals surface area contributed by atoms with E-state index in [0.717, 1.165) is 23.3 Å². The van der Waals surface area contributed by atoms with Crippen LogP contribution in [0.15, 0.2) is 42.5 Å². The third-order valence-corrected chi connectivity index (χ3v) is 5.50. The van der Waals surface area contributed by atoms with Gasteiger partial charge in [0.2, 0.25) is 5.91 Å². The second kappa shape index (κ2) is 10.9. The maximum absolute atomic E-state index is 12.3. The number of thioether (sulfide) groups is 1. The van der Waals surface area contributed by atoms with Crippen LogP contribution in [0.5, 0.6) is 5.75 Å². The number of rotatable bonds is 10. The van der Waals surface area contributed by atoms with E-state index in [9.17, 15) is 9.59 Å². The fourth-order valence-corrected chi connectivity index (χ4v) is 3.69. The van der Waals surface area contributed by atoms with Crippen molar-refractivity contribution < 1.29 is 14.3 Å². The number of ether oxygens (including phenoxy) is 1. The Kier molecular flexibility index (Phi) is 8.58. The summed E-state index contributed by atoms with van der Waals surface area (Å²) in [5.41, 5.74) is 3.99. The van der Waals surface area contributed by atoms with Crippen molar-refractivity contribution in [1.82, 2.24) is 5.32 Å². The molecule has 2 rings (SSSR count). The first-order chi connectivity index (χ1) is 13.4. The third kappa shape index (κ3) is 6.41. The summed E-state index contributed by atoms with van der Waals surface area (Å²) in [5, 5.41) is 3.04. The van der Waals surface area contributed by atoms with E-state index in [1.54, 1.807) is 13.0 Å². The zero-order valence-electron chi connectivity index (χ0n) is 17.1. The molecule has 0 saturated heterocycles. The number of benzene rings is 2. The van der Waals surface area contributed by atoms with Crippen molar-refractivity contribution in [3.63, 3.8) is 0 Å². The largest absolute Gasteiger partial charge is 0.494 e. The van der Waals surface area contributed by atoms with Crippen molar-refractivity contribution in [1.29, 1.82) is 0 Å². The van der Waals surface area contributed by atoms with Gasteiger partial charge in [-0.15, -0.1) is 11.8 Å². The molecule has 0 aliphatic carbocycles. The first-order valence-corrected chi connectivity index (χ1v) is 10.8. The predicted molar refractivity (Wildman–Crippen MR) is 116 cm³/mol. The summed E-state index contributed by atoms with van der Waals surface area (Å²) < 4.78 is 5.65. The lowest BCUT2D eigenvalue weighted by Gasteiger charge is -2.15. The van der Waals surface area contributed by atoms with Gasteiger partial charge in [-0.3, -0.25) is 9.59 Å². The number of amides is 1. The Morgan fingerprint density at radius 1 is 1.11 bits per heavy atom. The quantitative estimate of drug-likeness (QED) is 0.574. The van der Waals surface area contributed by atoms with E-state index in [2.05, 4.69) is 36.5 Å². The molecule has 1 atom stereocenters. The van der Waals surface area contributed by atoms with E-state index in [-0.39, 0.29) is 17.7 Å². The maximum Gasteiger partial charge on any atom is 0.230 e. The van der Waals surface area contributed by atoms with Crippen molar-refractivity contribution >= 4 is 23.5 Å². The first-order valence-electron chi connectivity index (χ1n) is 9.67. The molecule has 1 amide bonds. The minimum atomic E-state index is -0.0287. The topological polar surface area (TPSA) is 55.4 Å². The van der Waals surface area contributed by atoms with Crippen molar-refractivity contribution in [2.75, 3.05) is 12.4 Å². The minimum Gasteiger partial charge on any atom is -0.494 e. The summed E-state index contributed by atoms with van der Waals surface area (Å²) in [4.78, 5) is 23.9. The first kappa shape index (κ1) is 22.0. The van der Waals surface area contributed by atoms with Crippen molar-refractivity contribution in [3.05, 3.63) is 64.7 Å². The van der Waals surface area contributed by atoms with Crippen LogP contribution in [0.25, 0.3) is 0 Å². The fraction of sp³-hybridized carbons (Fsp3) is 0.391. The van der Waals surface area contributed by atoms with Crippen molar-refractivity contribution in [2.24, 2.45) is 0 Å². The average Bonchev–Trinajstić information content (AvgIpc) is 2.69. The Bertz CT molecular complexity index is 802. The number of hydrogen-bond donors (Lipinski definition) is 1. The second-order valence-electron chi connectivity index (χ2n) is 6.69. The molecule has 0 unspecified atom stereocenters. The molecule has 0 aliphatic heterocycles. The van der Waals surface area contributed by atoms with Gasteiger partial charge in [0.05, 0.1) is 18.4 Å². The molecule has 0 bridgehead atoms. The molecule has 0 aliphatic rings. The van der Waals surface area contributed by atoms with E-state index in [1.807, 2.05) is 26.0 Å². The van der Waals surface area contributed by atoms with E-state index < -0.39 is 0 Å². The van der Waals surface area contributed by atoms with Crippen LogP contribution in [0.1, 0.15) is 60.8 Å². The highest BCUT2D eigenvalue weighted by Gasteiger charge is 2.12. The molecule has 2 aromatic carbocycles. The summed E-state index contributed by atoms with van der Waals surface area (Å²) in [6.07, 6.45) is 1.01. The normalized spacial score (nSPS) is 11.7. The molecule has 0 saturated carbocycles. The van der Waals surface area contributed by atoms with Gasteiger partial charge in [-0.1, -0.05) is 31.2 Å². The Morgan fingerprint density at radius 3 is 2.43 bits per heavy atom. The van der Waals surface area contributed by atoms with E-state index >= 15 is 0 Å². The number of Topliss-reactive ketones (excluding diaryl/α,β-unsaturated/α-hetero) is 1. The third-order valence-electron chi connectivity index (χ3n) is 4.52. The van der Waals surface area contributed by atoms with Crippen LogP contribution in [0, 0.1) is 0 Å². The molecule has 0 spiro atoms. The summed E-state index contributed by atoms with van der Waals surface area (Å²) in [5.74, 6) is 1.76. The van der Waals surface area contributed by atoms with Crippen LogP contribution in [0.2, 0.25) is 0 Å². The molecule has 2 aromatic rings. The van der Waals surface area contributed by atoms with E-state index in [0.29, 0.717) is 23.7 Å². The molecule has 28 heavy (non-hydrogen) atoms. The molecular formula is C23H29NO3S. The zero-order chi connectivity index (χ0) is 20.5. The molecule has 1 N–H and O–H groups in total. The number of aryl methyl sites for hydroxylation is 1. The molecule has 0 heterocycles. The Hall–Kier alpha value is -2.27. The van der Waals surface area contributed by atoms with Gasteiger partial charge in [-0.05, 0) is 56.5 Å². The average molecular weight is 400 g/mol. The number of nitrogens with one attached hydrogen (secondary N) is 1. The zero-order valence-corrected chi connectivity index (χ0v) is 17.9. The number of ketones is 1. The summed E-state index contributed by atoms with van der Waals surface area (Å²) in [7, 11) is 0. The Morgan fingerprint density at radius 2 is 1.82 bits per heavy atom. The van der Waals surface area contributed by atoms with Crippen LogP contribution in [-0.2, 0) is 17.0 Å². The van der Waals surface area contributed by atoms with Gasteiger partial charge < -0.3 is 10.1 Å². The lowest BCUT2D eigenvalue weighted by Crippen LogP contribution is -2.28. The number of hydrogen-bond acceptors (Lipinski definition) is 4.